The van der Waals surface area contributed by atoms with Crippen LogP contribution < -0.4 is 0 Å². The number of amides is 2. The largest absolute Gasteiger partial charge is 0.441 e. The van der Waals surface area contributed by atoms with E-state index in [0.717, 1.165) is 29.8 Å². The van der Waals surface area contributed by atoms with Gasteiger partial charge in [-0.3, -0.25) is 9.48 Å². The molecule has 2 amide bonds. The Bertz CT molecular complexity index is 719. The molecule has 0 saturated carbocycles. The van der Waals surface area contributed by atoms with Gasteiger partial charge in [0.25, 0.3) is 0 Å². The molecule has 7 nitrogen and oxygen atoms in total. The molecular formula is C20H32N4O3. The topological polar surface area (TPSA) is 67.7 Å². The lowest BCUT2D eigenvalue weighted by Crippen LogP contribution is -2.50. The van der Waals surface area contributed by atoms with Gasteiger partial charge in [0.2, 0.25) is 5.91 Å². The summed E-state index contributed by atoms with van der Waals surface area (Å²) in [6.45, 7) is 12.4. The Morgan fingerprint density at radius 1 is 1.26 bits per heavy atom. The van der Waals surface area contributed by atoms with Gasteiger partial charge in [-0.05, 0) is 39.7 Å². The summed E-state index contributed by atoms with van der Waals surface area (Å²) in [6, 6.07) is 0.204. The molecule has 1 spiro atoms. The summed E-state index contributed by atoms with van der Waals surface area (Å²) in [5.74, 6) is 0.0796. The number of nitrogens with zero attached hydrogens (tertiary/aromatic N) is 4. The summed E-state index contributed by atoms with van der Waals surface area (Å²) in [6.07, 6.45) is 3.24. The number of carbonyl (C=O) groups is 2. The molecule has 150 valence electrons. The average Bonchev–Trinajstić information content (AvgIpc) is 3.07. The van der Waals surface area contributed by atoms with Crippen LogP contribution in [0.5, 0.6) is 0 Å². The van der Waals surface area contributed by atoms with Crippen molar-refractivity contribution >= 4 is 12.0 Å². The maximum atomic E-state index is 12.7. The Labute approximate surface area is 161 Å². The highest BCUT2D eigenvalue weighted by atomic mass is 16.6. The average molecular weight is 377 g/mol. The smallest absolute Gasteiger partial charge is 0.410 e. The second-order valence-corrected chi connectivity index (χ2v) is 8.15. The van der Waals surface area contributed by atoms with E-state index in [-0.39, 0.29) is 24.6 Å². The Kier molecular flexibility index (Phi) is 5.49. The molecule has 0 bridgehead atoms. The SMILES string of the molecule is CCC[C@H](C)N1CC2(CCN(C(=O)Cn3nc(C)c(C)c3C)CC2)OC1=O. The molecule has 0 radical (unpaired) electrons. The van der Waals surface area contributed by atoms with E-state index in [0.29, 0.717) is 32.5 Å². The highest BCUT2D eigenvalue weighted by Crippen LogP contribution is 2.34. The van der Waals surface area contributed by atoms with E-state index in [1.54, 1.807) is 4.68 Å². The summed E-state index contributed by atoms with van der Waals surface area (Å²) >= 11 is 0. The maximum Gasteiger partial charge on any atom is 0.410 e. The fourth-order valence-corrected chi connectivity index (χ4v) is 4.15. The van der Waals surface area contributed by atoms with Crippen LogP contribution in [0.3, 0.4) is 0 Å². The van der Waals surface area contributed by atoms with Gasteiger partial charge in [0.05, 0.1) is 12.2 Å². The van der Waals surface area contributed by atoms with Crippen molar-refractivity contribution < 1.29 is 14.3 Å². The Balaban J connectivity index is 1.58. The highest BCUT2D eigenvalue weighted by Gasteiger charge is 2.48. The van der Waals surface area contributed by atoms with E-state index >= 15 is 0 Å². The number of hydrogen-bond acceptors (Lipinski definition) is 4. The molecule has 0 unspecified atom stereocenters. The van der Waals surface area contributed by atoms with Gasteiger partial charge in [0, 0.05) is 37.7 Å². The normalized spacial score (nSPS) is 20.3. The number of piperidine rings is 1. The van der Waals surface area contributed by atoms with Crippen molar-refractivity contribution in [2.75, 3.05) is 19.6 Å². The van der Waals surface area contributed by atoms with Crippen molar-refractivity contribution in [2.24, 2.45) is 0 Å². The molecule has 3 rings (SSSR count). The van der Waals surface area contributed by atoms with Crippen molar-refractivity contribution in [2.45, 2.75) is 78.5 Å². The van der Waals surface area contributed by atoms with Crippen LogP contribution in [-0.2, 0) is 16.1 Å². The zero-order valence-electron chi connectivity index (χ0n) is 17.2. The van der Waals surface area contributed by atoms with Crippen LogP contribution in [0.4, 0.5) is 4.79 Å². The van der Waals surface area contributed by atoms with Crippen molar-refractivity contribution in [1.29, 1.82) is 0 Å². The van der Waals surface area contributed by atoms with Crippen molar-refractivity contribution in [3.63, 3.8) is 0 Å². The van der Waals surface area contributed by atoms with Crippen LogP contribution in [0.25, 0.3) is 0 Å². The van der Waals surface area contributed by atoms with Crippen LogP contribution in [0.2, 0.25) is 0 Å². The van der Waals surface area contributed by atoms with E-state index in [1.165, 1.54) is 0 Å². The van der Waals surface area contributed by atoms with Crippen molar-refractivity contribution in [1.82, 2.24) is 19.6 Å². The molecule has 7 heteroatoms. The van der Waals surface area contributed by atoms with E-state index in [4.69, 9.17) is 4.74 Å². The molecule has 1 aromatic heterocycles. The van der Waals surface area contributed by atoms with Gasteiger partial charge >= 0.3 is 6.09 Å². The summed E-state index contributed by atoms with van der Waals surface area (Å²) in [5.41, 5.74) is 2.72. The second-order valence-electron chi connectivity index (χ2n) is 8.15. The van der Waals surface area contributed by atoms with Gasteiger partial charge in [-0.25, -0.2) is 4.79 Å². The Morgan fingerprint density at radius 2 is 1.93 bits per heavy atom. The lowest BCUT2D eigenvalue weighted by atomic mass is 9.91. The molecule has 2 aliphatic heterocycles. The molecule has 0 aliphatic carbocycles. The highest BCUT2D eigenvalue weighted by molar-refractivity contribution is 5.76. The number of ether oxygens (including phenoxy) is 1. The predicted octanol–water partition coefficient (Wildman–Crippen LogP) is 2.81. The zero-order valence-corrected chi connectivity index (χ0v) is 17.2. The first kappa shape index (κ1) is 19.7. The third-order valence-corrected chi connectivity index (χ3v) is 6.29. The van der Waals surface area contributed by atoms with Crippen LogP contribution in [0.15, 0.2) is 0 Å². The lowest BCUT2D eigenvalue weighted by molar-refractivity contribution is -0.135. The first-order valence-corrected chi connectivity index (χ1v) is 10.0. The predicted molar refractivity (Wildman–Crippen MR) is 103 cm³/mol. The number of likely N-dealkylation sites (tertiary alicyclic amines) is 1. The Morgan fingerprint density at radius 3 is 2.48 bits per heavy atom. The van der Waals surface area contributed by atoms with Crippen LogP contribution >= 0.6 is 0 Å². The molecule has 1 aromatic rings. The van der Waals surface area contributed by atoms with Crippen LogP contribution in [0, 0.1) is 20.8 Å². The number of aromatic nitrogens is 2. The molecule has 0 aromatic carbocycles. The van der Waals surface area contributed by atoms with E-state index in [2.05, 4.69) is 18.9 Å². The van der Waals surface area contributed by atoms with Gasteiger partial charge in [0.15, 0.2) is 0 Å². The zero-order chi connectivity index (χ0) is 19.8. The summed E-state index contributed by atoms with van der Waals surface area (Å²) in [5, 5.41) is 4.47. The minimum atomic E-state index is -0.426. The Hall–Kier alpha value is -2.05. The molecule has 3 heterocycles. The third-order valence-electron chi connectivity index (χ3n) is 6.29. The third kappa shape index (κ3) is 3.82. The van der Waals surface area contributed by atoms with Crippen LogP contribution in [0.1, 0.15) is 56.5 Å². The van der Waals surface area contributed by atoms with Gasteiger partial charge in [-0.15, -0.1) is 0 Å². The van der Waals surface area contributed by atoms with Gasteiger partial charge < -0.3 is 14.5 Å². The van der Waals surface area contributed by atoms with Crippen molar-refractivity contribution in [3.8, 4) is 0 Å². The molecular weight excluding hydrogens is 344 g/mol. The fourth-order valence-electron chi connectivity index (χ4n) is 4.15. The van der Waals surface area contributed by atoms with E-state index < -0.39 is 5.60 Å². The second kappa shape index (κ2) is 7.52. The summed E-state index contributed by atoms with van der Waals surface area (Å²) in [7, 11) is 0. The van der Waals surface area contributed by atoms with Crippen LogP contribution in [-0.4, -0.2) is 62.9 Å². The molecule has 27 heavy (non-hydrogen) atoms. The lowest BCUT2D eigenvalue weighted by Gasteiger charge is -2.37. The monoisotopic (exact) mass is 376 g/mol. The fraction of sp³-hybridized carbons (Fsp3) is 0.750. The number of aryl methyl sites for hydroxylation is 1. The number of hydrogen-bond donors (Lipinski definition) is 0. The molecule has 1 atom stereocenters. The minimum Gasteiger partial charge on any atom is -0.441 e. The van der Waals surface area contributed by atoms with E-state index in [9.17, 15) is 9.59 Å². The van der Waals surface area contributed by atoms with Gasteiger partial charge in [0.1, 0.15) is 12.1 Å². The first-order chi connectivity index (χ1) is 12.8. The molecule has 0 N–H and O–H groups in total. The first-order valence-electron chi connectivity index (χ1n) is 10.0. The molecule has 2 fully saturated rings. The van der Waals surface area contributed by atoms with Gasteiger partial charge in [-0.1, -0.05) is 13.3 Å². The molecule has 2 aliphatic rings. The maximum absolute atomic E-state index is 12.7. The standard InChI is InChI=1S/C20H32N4O3/c1-6-7-14(2)23-13-20(27-19(23)26)8-10-22(11-9-20)18(25)12-24-17(5)15(3)16(4)21-24/h14H,6-13H2,1-5H3/t14-/m0/s1. The number of rotatable bonds is 5. The summed E-state index contributed by atoms with van der Waals surface area (Å²) < 4.78 is 7.58. The molecule has 2 saturated heterocycles. The minimum absolute atomic E-state index is 0.0796. The van der Waals surface area contributed by atoms with Crippen molar-refractivity contribution in [3.05, 3.63) is 17.0 Å². The van der Waals surface area contributed by atoms with E-state index in [1.807, 2.05) is 30.6 Å². The van der Waals surface area contributed by atoms with Gasteiger partial charge in [-0.2, -0.15) is 5.10 Å². The number of carbonyl (C=O) groups excluding carboxylic acids is 2. The summed E-state index contributed by atoms with van der Waals surface area (Å²) in [4.78, 5) is 28.8. The quantitative estimate of drug-likeness (QED) is 0.792.